The lowest BCUT2D eigenvalue weighted by Crippen LogP contribution is -2.04. The van der Waals surface area contributed by atoms with Crippen LogP contribution in [0.1, 0.15) is 37.0 Å². The van der Waals surface area contributed by atoms with Gasteiger partial charge in [-0.1, -0.05) is 26.1 Å². The van der Waals surface area contributed by atoms with Crippen molar-refractivity contribution in [1.29, 1.82) is 0 Å². The highest BCUT2D eigenvalue weighted by molar-refractivity contribution is 7.71. The van der Waals surface area contributed by atoms with Gasteiger partial charge in [0.2, 0.25) is 0 Å². The molecule has 0 radical (unpaired) electrons. The maximum absolute atomic E-state index is 5.34. The molecule has 0 aliphatic heterocycles. The van der Waals surface area contributed by atoms with Crippen molar-refractivity contribution in [3.63, 3.8) is 0 Å². The van der Waals surface area contributed by atoms with Crippen LogP contribution in [0.2, 0.25) is 0 Å². The summed E-state index contributed by atoms with van der Waals surface area (Å²) in [7, 11) is 2.00. The van der Waals surface area contributed by atoms with Gasteiger partial charge in [0.1, 0.15) is 16.3 Å². The van der Waals surface area contributed by atoms with Crippen molar-refractivity contribution in [2.24, 2.45) is 7.05 Å². The first-order valence-electron chi connectivity index (χ1n) is 6.01. The number of rotatable bonds is 2. The summed E-state index contributed by atoms with van der Waals surface area (Å²) in [4.78, 5) is 12.1. The van der Waals surface area contributed by atoms with E-state index < -0.39 is 0 Å². The first-order valence-corrected chi connectivity index (χ1v) is 6.42. The number of nitrogens with one attached hydrogen (secondary N) is 1. The zero-order chi connectivity index (χ0) is 13.4. The molecule has 0 bridgehead atoms. The van der Waals surface area contributed by atoms with Gasteiger partial charge in [-0.05, 0) is 13.8 Å². The number of hydrogen-bond acceptors (Lipinski definition) is 3. The van der Waals surface area contributed by atoms with E-state index in [-0.39, 0.29) is 0 Å². The highest BCUT2D eigenvalue weighted by Gasteiger charge is 2.13. The highest BCUT2D eigenvalue weighted by atomic mass is 32.1. The molecule has 1 N–H and O–H groups in total. The third kappa shape index (κ3) is 2.10. The zero-order valence-corrected chi connectivity index (χ0v) is 12.2. The maximum Gasteiger partial charge on any atom is 0.133 e. The van der Waals surface area contributed by atoms with Crippen molar-refractivity contribution in [3.8, 4) is 11.4 Å². The lowest BCUT2D eigenvalue weighted by molar-refractivity contribution is 0.766. The fourth-order valence-electron chi connectivity index (χ4n) is 1.81. The van der Waals surface area contributed by atoms with Crippen molar-refractivity contribution in [2.45, 2.75) is 33.6 Å². The Balaban J connectivity index is 2.71. The summed E-state index contributed by atoms with van der Waals surface area (Å²) in [6.07, 6.45) is 1.87. The number of aryl methyl sites for hydroxylation is 1. The minimum absolute atomic E-state index is 0.320. The molecule has 2 aromatic heterocycles. The molecular weight excluding hydrogens is 244 g/mol. The monoisotopic (exact) mass is 262 g/mol. The van der Waals surface area contributed by atoms with Crippen LogP contribution >= 0.6 is 12.2 Å². The molecular formula is C13H18N4S. The Labute approximate surface area is 112 Å². The zero-order valence-electron chi connectivity index (χ0n) is 11.4. The van der Waals surface area contributed by atoms with Gasteiger partial charge in [-0.15, -0.1) is 0 Å². The van der Waals surface area contributed by atoms with E-state index in [1.165, 1.54) is 0 Å². The molecule has 2 heterocycles. The molecule has 18 heavy (non-hydrogen) atoms. The van der Waals surface area contributed by atoms with Gasteiger partial charge in [-0.3, -0.25) is 0 Å². The second-order valence-corrected chi connectivity index (χ2v) is 5.22. The maximum atomic E-state index is 5.34. The molecule has 0 spiro atoms. The highest BCUT2D eigenvalue weighted by Crippen LogP contribution is 2.23. The fraction of sp³-hybridized carbons (Fsp3) is 0.462. The Kier molecular flexibility index (Phi) is 3.34. The largest absolute Gasteiger partial charge is 0.341 e. The minimum Gasteiger partial charge on any atom is -0.341 e. The van der Waals surface area contributed by atoms with Crippen LogP contribution in [0, 0.1) is 18.5 Å². The van der Waals surface area contributed by atoms with Crippen molar-refractivity contribution < 1.29 is 0 Å². The van der Waals surface area contributed by atoms with Crippen molar-refractivity contribution in [1.82, 2.24) is 19.5 Å². The van der Waals surface area contributed by atoms with Gasteiger partial charge >= 0.3 is 0 Å². The van der Waals surface area contributed by atoms with E-state index in [2.05, 4.69) is 33.4 Å². The van der Waals surface area contributed by atoms with Crippen LogP contribution in [0.25, 0.3) is 11.4 Å². The SMILES string of the molecule is Cc1c(-c2cnc(C)n2C)[nH]c(C(C)C)nc1=S. The van der Waals surface area contributed by atoms with Gasteiger partial charge in [0.05, 0.1) is 17.6 Å². The second-order valence-electron chi connectivity index (χ2n) is 4.83. The smallest absolute Gasteiger partial charge is 0.133 e. The van der Waals surface area contributed by atoms with Crippen LogP contribution in [-0.4, -0.2) is 19.5 Å². The first-order chi connectivity index (χ1) is 8.41. The van der Waals surface area contributed by atoms with Gasteiger partial charge in [0, 0.05) is 18.5 Å². The van der Waals surface area contributed by atoms with Gasteiger partial charge in [-0.2, -0.15) is 0 Å². The van der Waals surface area contributed by atoms with Crippen LogP contribution in [0.5, 0.6) is 0 Å². The summed E-state index contributed by atoms with van der Waals surface area (Å²) in [5.74, 6) is 2.21. The minimum atomic E-state index is 0.320. The van der Waals surface area contributed by atoms with Crippen molar-refractivity contribution in [3.05, 3.63) is 28.0 Å². The number of nitrogens with zero attached hydrogens (tertiary/aromatic N) is 3. The third-order valence-electron chi connectivity index (χ3n) is 3.19. The fourth-order valence-corrected chi connectivity index (χ4v) is 2.01. The Morgan fingerprint density at radius 3 is 2.50 bits per heavy atom. The van der Waals surface area contributed by atoms with Crippen LogP contribution < -0.4 is 0 Å². The molecule has 0 amide bonds. The topological polar surface area (TPSA) is 46.5 Å². The molecule has 0 saturated carbocycles. The summed E-state index contributed by atoms with van der Waals surface area (Å²) < 4.78 is 2.71. The number of imidazole rings is 1. The third-order valence-corrected chi connectivity index (χ3v) is 3.59. The molecule has 0 fully saturated rings. The summed E-state index contributed by atoms with van der Waals surface area (Å²) in [5.41, 5.74) is 3.06. The molecule has 96 valence electrons. The summed E-state index contributed by atoms with van der Waals surface area (Å²) in [5, 5.41) is 0. The van der Waals surface area contributed by atoms with E-state index in [9.17, 15) is 0 Å². The lowest BCUT2D eigenvalue weighted by atomic mass is 10.1. The van der Waals surface area contributed by atoms with Gasteiger partial charge in [-0.25, -0.2) is 9.97 Å². The van der Waals surface area contributed by atoms with Crippen molar-refractivity contribution >= 4 is 12.2 Å². The van der Waals surface area contributed by atoms with E-state index in [0.29, 0.717) is 10.6 Å². The normalized spacial score (nSPS) is 11.2. The summed E-state index contributed by atoms with van der Waals surface area (Å²) in [6, 6.07) is 0. The molecule has 0 unspecified atom stereocenters. The van der Waals surface area contributed by atoms with E-state index in [4.69, 9.17) is 12.2 Å². The Morgan fingerprint density at radius 1 is 1.33 bits per heavy atom. The first kappa shape index (κ1) is 13.0. The van der Waals surface area contributed by atoms with E-state index >= 15 is 0 Å². The van der Waals surface area contributed by atoms with Crippen LogP contribution in [0.3, 0.4) is 0 Å². The van der Waals surface area contributed by atoms with E-state index in [1.54, 1.807) is 0 Å². The average Bonchev–Trinajstić information content (AvgIpc) is 2.63. The summed E-state index contributed by atoms with van der Waals surface area (Å²) >= 11 is 5.34. The lowest BCUT2D eigenvalue weighted by Gasteiger charge is -2.12. The quantitative estimate of drug-likeness (QED) is 0.845. The average molecular weight is 262 g/mol. The summed E-state index contributed by atoms with van der Waals surface area (Å²) in [6.45, 7) is 8.17. The van der Waals surface area contributed by atoms with Gasteiger partial charge in [0.15, 0.2) is 0 Å². The van der Waals surface area contributed by atoms with Crippen LogP contribution in [0.4, 0.5) is 0 Å². The Hall–Kier alpha value is -1.49. The molecule has 4 nitrogen and oxygen atoms in total. The van der Waals surface area contributed by atoms with Crippen LogP contribution in [0.15, 0.2) is 6.20 Å². The predicted octanol–water partition coefficient (Wildman–Crippen LogP) is 3.28. The van der Waals surface area contributed by atoms with Gasteiger partial charge < -0.3 is 9.55 Å². The van der Waals surface area contributed by atoms with Crippen LogP contribution in [-0.2, 0) is 7.05 Å². The molecule has 0 atom stereocenters. The molecule has 0 aliphatic carbocycles. The molecule has 2 aromatic rings. The number of H-pyrrole nitrogens is 1. The molecule has 5 heteroatoms. The number of aromatic amines is 1. The molecule has 2 rings (SSSR count). The second kappa shape index (κ2) is 4.65. The van der Waals surface area contributed by atoms with Crippen molar-refractivity contribution in [2.75, 3.05) is 0 Å². The standard InChI is InChI=1S/C13H18N4S/c1-7(2)12-15-11(8(3)13(18)16-12)10-6-14-9(4)17(10)5/h6-7H,1-5H3,(H,15,16,18). The van der Waals surface area contributed by atoms with E-state index in [1.807, 2.05) is 27.1 Å². The Bertz CT molecular complexity index is 637. The number of aromatic nitrogens is 4. The molecule has 0 aromatic carbocycles. The van der Waals surface area contributed by atoms with E-state index in [0.717, 1.165) is 28.6 Å². The number of hydrogen-bond donors (Lipinski definition) is 1. The molecule has 0 saturated heterocycles. The Morgan fingerprint density at radius 2 is 2.00 bits per heavy atom. The van der Waals surface area contributed by atoms with Gasteiger partial charge in [0.25, 0.3) is 0 Å². The predicted molar refractivity (Wildman–Crippen MR) is 75.2 cm³/mol. The molecule has 0 aliphatic rings.